The third kappa shape index (κ3) is 6.50. The topological polar surface area (TPSA) is 111 Å². The monoisotopic (exact) mass is 301 g/mol. The highest BCUT2D eigenvalue weighted by Crippen LogP contribution is 2.11. The van der Waals surface area contributed by atoms with Gasteiger partial charge in [0.1, 0.15) is 5.75 Å². The van der Waals surface area contributed by atoms with Gasteiger partial charge in [0.25, 0.3) is 5.91 Å². The molecule has 0 atom stereocenters. The first-order chi connectivity index (χ1) is 9.43. The molecule has 0 saturated heterocycles. The minimum absolute atomic E-state index is 0.0311. The van der Waals surface area contributed by atoms with Gasteiger partial charge in [-0.25, -0.2) is 13.1 Å². The zero-order valence-electron chi connectivity index (χ0n) is 11.3. The Morgan fingerprint density at radius 2 is 1.95 bits per heavy atom. The minimum atomic E-state index is -3.17. The van der Waals surface area contributed by atoms with Crippen molar-refractivity contribution < 1.29 is 17.9 Å². The molecule has 20 heavy (non-hydrogen) atoms. The first-order valence-corrected chi connectivity index (χ1v) is 7.70. The zero-order chi connectivity index (χ0) is 15.0. The van der Waals surface area contributed by atoms with E-state index in [1.807, 2.05) is 12.1 Å². The SMILES string of the molecule is CNS(=O)(=O)CCNCc1ccc(OCC(N)=O)cc1. The fourth-order valence-electron chi connectivity index (χ4n) is 1.40. The van der Waals surface area contributed by atoms with Crippen molar-refractivity contribution in [3.8, 4) is 5.75 Å². The minimum Gasteiger partial charge on any atom is -0.484 e. The van der Waals surface area contributed by atoms with Crippen molar-refractivity contribution in [2.24, 2.45) is 5.73 Å². The highest BCUT2D eigenvalue weighted by Gasteiger charge is 2.05. The van der Waals surface area contributed by atoms with E-state index in [1.165, 1.54) is 7.05 Å². The van der Waals surface area contributed by atoms with Crippen molar-refractivity contribution in [3.05, 3.63) is 29.8 Å². The molecule has 0 fully saturated rings. The molecule has 1 rings (SSSR count). The molecule has 1 aromatic rings. The summed E-state index contributed by atoms with van der Waals surface area (Å²) in [5, 5.41) is 3.03. The average Bonchev–Trinajstić information content (AvgIpc) is 2.42. The van der Waals surface area contributed by atoms with Crippen LogP contribution in [0.25, 0.3) is 0 Å². The summed E-state index contributed by atoms with van der Waals surface area (Å²) in [4.78, 5) is 10.6. The summed E-state index contributed by atoms with van der Waals surface area (Å²) < 4.78 is 29.7. The Morgan fingerprint density at radius 3 is 2.50 bits per heavy atom. The Labute approximate surface area is 118 Å². The number of nitrogens with one attached hydrogen (secondary N) is 2. The van der Waals surface area contributed by atoms with Gasteiger partial charge in [0.2, 0.25) is 10.0 Å². The van der Waals surface area contributed by atoms with Crippen LogP contribution in [-0.4, -0.2) is 40.3 Å². The molecule has 0 aliphatic carbocycles. The molecule has 0 bridgehead atoms. The summed E-state index contributed by atoms with van der Waals surface area (Å²) in [7, 11) is -1.78. The number of hydrogen-bond acceptors (Lipinski definition) is 5. The number of carbonyl (C=O) groups excluding carboxylic acids is 1. The molecule has 112 valence electrons. The Balaban J connectivity index is 2.33. The predicted molar refractivity (Wildman–Crippen MR) is 75.7 cm³/mol. The lowest BCUT2D eigenvalue weighted by Crippen LogP contribution is -2.29. The Morgan fingerprint density at radius 1 is 1.30 bits per heavy atom. The largest absolute Gasteiger partial charge is 0.484 e. The third-order valence-corrected chi connectivity index (χ3v) is 3.86. The van der Waals surface area contributed by atoms with Crippen molar-refractivity contribution in [1.29, 1.82) is 0 Å². The molecule has 1 amide bonds. The number of nitrogens with two attached hydrogens (primary N) is 1. The first kappa shape index (κ1) is 16.4. The van der Waals surface area contributed by atoms with Crippen molar-refractivity contribution in [2.75, 3.05) is 26.0 Å². The van der Waals surface area contributed by atoms with Gasteiger partial charge in [-0.1, -0.05) is 12.1 Å². The molecule has 7 nitrogen and oxygen atoms in total. The highest BCUT2D eigenvalue weighted by atomic mass is 32.2. The van der Waals surface area contributed by atoms with Crippen LogP contribution in [0.1, 0.15) is 5.56 Å². The van der Waals surface area contributed by atoms with Crippen molar-refractivity contribution in [2.45, 2.75) is 6.54 Å². The lowest BCUT2D eigenvalue weighted by molar-refractivity contribution is -0.119. The summed E-state index contributed by atoms with van der Waals surface area (Å²) >= 11 is 0. The first-order valence-electron chi connectivity index (χ1n) is 6.05. The fourth-order valence-corrected chi connectivity index (χ4v) is 2.02. The second kappa shape index (κ2) is 7.83. The molecular formula is C12H19N3O4S. The molecule has 1 aromatic carbocycles. The van der Waals surface area contributed by atoms with Crippen LogP contribution in [0, 0.1) is 0 Å². The van der Waals surface area contributed by atoms with Crippen LogP contribution in [0.2, 0.25) is 0 Å². The normalized spacial score (nSPS) is 11.2. The highest BCUT2D eigenvalue weighted by molar-refractivity contribution is 7.89. The van der Waals surface area contributed by atoms with Gasteiger partial charge in [0.15, 0.2) is 6.61 Å². The number of hydrogen-bond donors (Lipinski definition) is 3. The van der Waals surface area contributed by atoms with Gasteiger partial charge in [0, 0.05) is 13.1 Å². The van der Waals surface area contributed by atoms with Gasteiger partial charge in [-0.05, 0) is 24.7 Å². The smallest absolute Gasteiger partial charge is 0.255 e. The van der Waals surface area contributed by atoms with Gasteiger partial charge >= 0.3 is 0 Å². The van der Waals surface area contributed by atoms with Gasteiger partial charge < -0.3 is 15.8 Å². The molecule has 0 radical (unpaired) electrons. The number of rotatable bonds is 9. The van der Waals surface area contributed by atoms with Crippen LogP contribution < -0.4 is 20.5 Å². The molecule has 0 aliphatic heterocycles. The fraction of sp³-hybridized carbons (Fsp3) is 0.417. The van der Waals surface area contributed by atoms with E-state index in [-0.39, 0.29) is 12.4 Å². The van der Waals surface area contributed by atoms with Crippen LogP contribution >= 0.6 is 0 Å². The van der Waals surface area contributed by atoms with E-state index in [4.69, 9.17) is 10.5 Å². The van der Waals surface area contributed by atoms with Crippen LogP contribution in [0.15, 0.2) is 24.3 Å². The van der Waals surface area contributed by atoms with E-state index in [9.17, 15) is 13.2 Å². The number of ether oxygens (including phenoxy) is 1. The van der Waals surface area contributed by atoms with Crippen LogP contribution in [0.3, 0.4) is 0 Å². The van der Waals surface area contributed by atoms with Crippen LogP contribution in [-0.2, 0) is 21.4 Å². The summed E-state index contributed by atoms with van der Waals surface area (Å²) in [6.45, 7) is 0.762. The van der Waals surface area contributed by atoms with Crippen molar-refractivity contribution >= 4 is 15.9 Å². The van der Waals surface area contributed by atoms with E-state index in [1.54, 1.807) is 12.1 Å². The van der Waals surface area contributed by atoms with E-state index < -0.39 is 15.9 Å². The maximum atomic E-state index is 11.2. The maximum absolute atomic E-state index is 11.2. The van der Waals surface area contributed by atoms with Crippen molar-refractivity contribution in [1.82, 2.24) is 10.0 Å². The van der Waals surface area contributed by atoms with E-state index in [2.05, 4.69) is 10.0 Å². The lowest BCUT2D eigenvalue weighted by atomic mass is 10.2. The molecule has 0 aliphatic rings. The number of carbonyl (C=O) groups is 1. The molecule has 8 heteroatoms. The molecule has 4 N–H and O–H groups in total. The van der Waals surface area contributed by atoms with E-state index in [0.29, 0.717) is 18.8 Å². The lowest BCUT2D eigenvalue weighted by Gasteiger charge is -2.07. The summed E-state index contributed by atoms with van der Waals surface area (Å²) in [5.74, 6) is 0.0651. The molecule has 0 heterocycles. The second-order valence-corrected chi connectivity index (χ2v) is 6.14. The number of primary amides is 1. The molecular weight excluding hydrogens is 282 g/mol. The zero-order valence-corrected chi connectivity index (χ0v) is 12.1. The Kier molecular flexibility index (Phi) is 6.43. The van der Waals surface area contributed by atoms with Gasteiger partial charge in [-0.3, -0.25) is 4.79 Å². The Hall–Kier alpha value is -1.64. The maximum Gasteiger partial charge on any atom is 0.255 e. The Bertz CT molecular complexity index is 528. The number of sulfonamides is 1. The molecule has 0 aromatic heterocycles. The average molecular weight is 301 g/mol. The van der Waals surface area contributed by atoms with Crippen LogP contribution in [0.5, 0.6) is 5.75 Å². The quantitative estimate of drug-likeness (QED) is 0.517. The third-order valence-electron chi connectivity index (χ3n) is 2.49. The summed E-state index contributed by atoms with van der Waals surface area (Å²) in [6.07, 6.45) is 0. The van der Waals surface area contributed by atoms with Gasteiger partial charge in [-0.2, -0.15) is 0 Å². The van der Waals surface area contributed by atoms with Gasteiger partial charge in [-0.15, -0.1) is 0 Å². The number of amides is 1. The molecule has 0 saturated carbocycles. The van der Waals surface area contributed by atoms with E-state index >= 15 is 0 Å². The molecule has 0 spiro atoms. The van der Waals surface area contributed by atoms with E-state index in [0.717, 1.165) is 5.56 Å². The molecule has 0 unspecified atom stereocenters. The van der Waals surface area contributed by atoms with Crippen molar-refractivity contribution in [3.63, 3.8) is 0 Å². The summed E-state index contributed by atoms with van der Waals surface area (Å²) in [5.41, 5.74) is 5.95. The second-order valence-electron chi connectivity index (χ2n) is 4.10. The predicted octanol–water partition coefficient (Wildman–Crippen LogP) is -0.810. The number of benzene rings is 1. The standard InChI is InChI=1S/C12H19N3O4S/c1-14-20(17,18)7-6-15-8-10-2-4-11(5-3-10)19-9-12(13)16/h2-5,14-15H,6-9H2,1H3,(H2,13,16). The van der Waals surface area contributed by atoms with Crippen LogP contribution in [0.4, 0.5) is 0 Å². The summed E-state index contributed by atoms with van der Waals surface area (Å²) in [6, 6.07) is 7.11. The van der Waals surface area contributed by atoms with Gasteiger partial charge in [0.05, 0.1) is 5.75 Å².